The highest BCUT2D eigenvalue weighted by molar-refractivity contribution is 6.02. The summed E-state index contributed by atoms with van der Waals surface area (Å²) in [5, 5.41) is 0. The first-order valence-electron chi connectivity index (χ1n) is 5.68. The molecule has 2 rings (SSSR count). The van der Waals surface area contributed by atoms with Gasteiger partial charge in [0.15, 0.2) is 0 Å². The van der Waals surface area contributed by atoms with Gasteiger partial charge < -0.3 is 9.47 Å². The quantitative estimate of drug-likeness (QED) is 0.688. The van der Waals surface area contributed by atoms with Crippen molar-refractivity contribution in [3.8, 4) is 0 Å². The molecule has 0 N–H and O–H groups in total. The van der Waals surface area contributed by atoms with E-state index >= 15 is 0 Å². The SMILES string of the molecule is C=CC1CCCC12CC(OC)=C(OC)C2=O. The van der Waals surface area contributed by atoms with E-state index in [1.165, 1.54) is 7.11 Å². The van der Waals surface area contributed by atoms with Gasteiger partial charge in [0.05, 0.1) is 19.6 Å². The zero-order valence-electron chi connectivity index (χ0n) is 9.91. The fraction of sp³-hybridized carbons (Fsp3) is 0.615. The van der Waals surface area contributed by atoms with Crippen molar-refractivity contribution >= 4 is 5.78 Å². The first kappa shape index (κ1) is 11.2. The van der Waals surface area contributed by atoms with Crippen LogP contribution in [0.3, 0.4) is 0 Å². The van der Waals surface area contributed by atoms with Crippen molar-refractivity contribution in [3.05, 3.63) is 24.2 Å². The minimum absolute atomic E-state index is 0.106. The average Bonchev–Trinajstić information content (AvgIpc) is 2.83. The number of methoxy groups -OCH3 is 2. The Kier molecular flexibility index (Phi) is 2.78. The van der Waals surface area contributed by atoms with Crippen LogP contribution in [0.25, 0.3) is 0 Å². The van der Waals surface area contributed by atoms with E-state index in [4.69, 9.17) is 9.47 Å². The van der Waals surface area contributed by atoms with Gasteiger partial charge in [0, 0.05) is 6.42 Å². The van der Waals surface area contributed by atoms with E-state index in [1.54, 1.807) is 7.11 Å². The zero-order chi connectivity index (χ0) is 11.8. The predicted molar refractivity (Wildman–Crippen MR) is 60.6 cm³/mol. The minimum atomic E-state index is -0.321. The van der Waals surface area contributed by atoms with Gasteiger partial charge in [-0.15, -0.1) is 6.58 Å². The molecule has 0 aliphatic heterocycles. The van der Waals surface area contributed by atoms with Crippen LogP contribution >= 0.6 is 0 Å². The summed E-state index contributed by atoms with van der Waals surface area (Å²) in [5.41, 5.74) is -0.321. The van der Waals surface area contributed by atoms with Crippen LogP contribution in [-0.2, 0) is 14.3 Å². The van der Waals surface area contributed by atoms with E-state index in [1.807, 2.05) is 6.08 Å². The molecule has 0 saturated heterocycles. The highest BCUT2D eigenvalue weighted by Crippen LogP contribution is 2.54. The van der Waals surface area contributed by atoms with Crippen LogP contribution < -0.4 is 0 Å². The lowest BCUT2D eigenvalue weighted by atomic mass is 9.74. The number of carbonyl (C=O) groups is 1. The van der Waals surface area contributed by atoms with Gasteiger partial charge in [-0.3, -0.25) is 4.79 Å². The molecule has 0 aromatic rings. The third kappa shape index (κ3) is 1.30. The van der Waals surface area contributed by atoms with E-state index in [-0.39, 0.29) is 17.1 Å². The number of ketones is 1. The third-order valence-electron chi connectivity index (χ3n) is 3.97. The van der Waals surface area contributed by atoms with Gasteiger partial charge in [-0.2, -0.15) is 0 Å². The second-order valence-electron chi connectivity index (χ2n) is 4.56. The van der Waals surface area contributed by atoms with Crippen LogP contribution in [0.4, 0.5) is 0 Å². The standard InChI is InChI=1S/C13H18O3/c1-4-9-6-5-7-13(9)8-10(15-2)11(16-3)12(13)14/h4,9H,1,5-8H2,2-3H3. The van der Waals surface area contributed by atoms with Gasteiger partial charge in [0.2, 0.25) is 11.5 Å². The molecule has 1 spiro atoms. The van der Waals surface area contributed by atoms with E-state index in [0.717, 1.165) is 19.3 Å². The van der Waals surface area contributed by atoms with Crippen LogP contribution in [0.15, 0.2) is 24.2 Å². The van der Waals surface area contributed by atoms with Crippen LogP contribution in [-0.4, -0.2) is 20.0 Å². The number of carbonyl (C=O) groups excluding carboxylic acids is 1. The number of ether oxygens (including phenoxy) is 2. The number of Topliss-reactive ketones (excluding diaryl/α,β-unsaturated/α-hetero) is 1. The fourth-order valence-corrected chi connectivity index (χ4v) is 3.12. The summed E-state index contributed by atoms with van der Waals surface area (Å²) in [7, 11) is 3.13. The molecule has 2 unspecified atom stereocenters. The van der Waals surface area contributed by atoms with E-state index in [9.17, 15) is 4.79 Å². The molecule has 2 aliphatic carbocycles. The van der Waals surface area contributed by atoms with Gasteiger partial charge in [-0.1, -0.05) is 12.5 Å². The smallest absolute Gasteiger partial charge is 0.208 e. The number of rotatable bonds is 3. The molecule has 0 radical (unpaired) electrons. The lowest BCUT2D eigenvalue weighted by Gasteiger charge is -2.27. The van der Waals surface area contributed by atoms with Crippen LogP contribution in [0.2, 0.25) is 0 Å². The number of allylic oxidation sites excluding steroid dienone is 3. The summed E-state index contributed by atoms with van der Waals surface area (Å²) in [6, 6.07) is 0. The Labute approximate surface area is 96.1 Å². The molecule has 2 atom stereocenters. The van der Waals surface area contributed by atoms with E-state index in [0.29, 0.717) is 17.9 Å². The third-order valence-corrected chi connectivity index (χ3v) is 3.97. The van der Waals surface area contributed by atoms with Crippen molar-refractivity contribution < 1.29 is 14.3 Å². The molecule has 16 heavy (non-hydrogen) atoms. The molecule has 1 saturated carbocycles. The Hall–Kier alpha value is -1.25. The normalized spacial score (nSPS) is 33.6. The summed E-state index contributed by atoms with van der Waals surface area (Å²) in [5.74, 6) is 1.48. The van der Waals surface area contributed by atoms with Gasteiger partial charge in [-0.05, 0) is 18.8 Å². The Bertz CT molecular complexity index is 356. The molecule has 0 aromatic carbocycles. The molecule has 3 nitrogen and oxygen atoms in total. The van der Waals surface area contributed by atoms with Crippen LogP contribution in [0.5, 0.6) is 0 Å². The molecular weight excluding hydrogens is 204 g/mol. The largest absolute Gasteiger partial charge is 0.497 e. The Balaban J connectivity index is 2.35. The summed E-state index contributed by atoms with van der Waals surface area (Å²) >= 11 is 0. The fourth-order valence-electron chi connectivity index (χ4n) is 3.12. The van der Waals surface area contributed by atoms with Crippen LogP contribution in [0.1, 0.15) is 25.7 Å². The molecule has 0 amide bonds. The highest BCUT2D eigenvalue weighted by atomic mass is 16.5. The van der Waals surface area contributed by atoms with Crippen molar-refractivity contribution in [1.29, 1.82) is 0 Å². The van der Waals surface area contributed by atoms with Crippen molar-refractivity contribution in [2.75, 3.05) is 14.2 Å². The van der Waals surface area contributed by atoms with Gasteiger partial charge >= 0.3 is 0 Å². The number of hydrogen-bond donors (Lipinski definition) is 0. The Morgan fingerprint density at radius 2 is 2.19 bits per heavy atom. The molecule has 0 bridgehead atoms. The zero-order valence-corrected chi connectivity index (χ0v) is 9.91. The predicted octanol–water partition coefficient (Wildman–Crippen LogP) is 2.44. The Morgan fingerprint density at radius 3 is 2.69 bits per heavy atom. The van der Waals surface area contributed by atoms with Crippen molar-refractivity contribution in [1.82, 2.24) is 0 Å². The van der Waals surface area contributed by atoms with Crippen molar-refractivity contribution in [2.24, 2.45) is 11.3 Å². The van der Waals surface area contributed by atoms with Gasteiger partial charge in [0.25, 0.3) is 0 Å². The lowest BCUT2D eigenvalue weighted by Crippen LogP contribution is -2.31. The van der Waals surface area contributed by atoms with E-state index in [2.05, 4.69) is 6.58 Å². The molecule has 2 aliphatic rings. The molecule has 1 fully saturated rings. The number of hydrogen-bond acceptors (Lipinski definition) is 3. The summed E-state index contributed by atoms with van der Waals surface area (Å²) in [4.78, 5) is 12.4. The molecule has 0 aromatic heterocycles. The summed E-state index contributed by atoms with van der Waals surface area (Å²) in [6.45, 7) is 3.85. The second-order valence-corrected chi connectivity index (χ2v) is 4.56. The highest BCUT2D eigenvalue weighted by Gasteiger charge is 2.54. The maximum Gasteiger partial charge on any atom is 0.208 e. The topological polar surface area (TPSA) is 35.5 Å². The van der Waals surface area contributed by atoms with Crippen molar-refractivity contribution in [2.45, 2.75) is 25.7 Å². The van der Waals surface area contributed by atoms with Gasteiger partial charge in [0.1, 0.15) is 5.76 Å². The van der Waals surface area contributed by atoms with Gasteiger partial charge in [-0.25, -0.2) is 0 Å². The molecule has 0 heterocycles. The monoisotopic (exact) mass is 222 g/mol. The van der Waals surface area contributed by atoms with Crippen LogP contribution in [0, 0.1) is 11.3 Å². The average molecular weight is 222 g/mol. The molecular formula is C13H18O3. The molecule has 3 heteroatoms. The maximum absolute atomic E-state index is 12.4. The summed E-state index contributed by atoms with van der Waals surface area (Å²) in [6.07, 6.45) is 5.63. The summed E-state index contributed by atoms with van der Waals surface area (Å²) < 4.78 is 10.4. The Morgan fingerprint density at radius 1 is 1.44 bits per heavy atom. The van der Waals surface area contributed by atoms with Crippen molar-refractivity contribution in [3.63, 3.8) is 0 Å². The first-order chi connectivity index (χ1) is 7.69. The molecule has 88 valence electrons. The second kappa shape index (κ2) is 3.96. The first-order valence-corrected chi connectivity index (χ1v) is 5.68. The van der Waals surface area contributed by atoms with E-state index < -0.39 is 0 Å². The maximum atomic E-state index is 12.4. The lowest BCUT2D eigenvalue weighted by molar-refractivity contribution is -0.127. The minimum Gasteiger partial charge on any atom is -0.497 e.